The fourth-order valence-corrected chi connectivity index (χ4v) is 3.56. The molecule has 1 N–H and O–H groups in total. The summed E-state index contributed by atoms with van der Waals surface area (Å²) in [5.41, 5.74) is 1.53. The highest BCUT2D eigenvalue weighted by molar-refractivity contribution is 5.28. The largest absolute Gasteiger partial charge is 0.311 e. The lowest BCUT2D eigenvalue weighted by Gasteiger charge is -2.34. The van der Waals surface area contributed by atoms with Crippen molar-refractivity contribution < 1.29 is 0 Å². The van der Waals surface area contributed by atoms with E-state index in [1.165, 1.54) is 37.9 Å². The molecule has 2 nitrogen and oxygen atoms in total. The Morgan fingerprint density at radius 1 is 1.21 bits per heavy atom. The van der Waals surface area contributed by atoms with E-state index in [4.69, 9.17) is 0 Å². The van der Waals surface area contributed by atoms with Gasteiger partial charge < -0.3 is 5.32 Å². The molecule has 0 bridgehead atoms. The van der Waals surface area contributed by atoms with Gasteiger partial charge in [0, 0.05) is 30.6 Å². The molecular formula is C17H26N2. The van der Waals surface area contributed by atoms with Gasteiger partial charge in [0.1, 0.15) is 0 Å². The van der Waals surface area contributed by atoms with Gasteiger partial charge >= 0.3 is 0 Å². The minimum absolute atomic E-state index is 0.606. The molecule has 1 aliphatic heterocycles. The number of nitrogens with zero attached hydrogens (tertiary/aromatic N) is 1. The molecule has 1 aliphatic carbocycles. The van der Waals surface area contributed by atoms with Crippen molar-refractivity contribution in [3.63, 3.8) is 0 Å². The lowest BCUT2D eigenvalue weighted by molar-refractivity contribution is 0.175. The highest BCUT2D eigenvalue weighted by Gasteiger charge is 2.43. The van der Waals surface area contributed by atoms with Gasteiger partial charge in [0.05, 0.1) is 0 Å². The standard InChI is InChI=1S/C17H26N2/c1-13(2)18-15-9-6-10-19(12-15)17-11-16(17)14-7-4-3-5-8-14/h3-5,7-8,13,15-18H,6,9-12H2,1-2H3. The molecule has 1 saturated carbocycles. The van der Waals surface area contributed by atoms with E-state index in [1.54, 1.807) is 0 Å². The third-order valence-electron chi connectivity index (χ3n) is 4.48. The van der Waals surface area contributed by atoms with E-state index in [2.05, 4.69) is 54.4 Å². The average Bonchev–Trinajstić information content (AvgIpc) is 3.19. The monoisotopic (exact) mass is 258 g/mol. The van der Waals surface area contributed by atoms with Crippen LogP contribution in [-0.2, 0) is 0 Å². The minimum atomic E-state index is 0.606. The summed E-state index contributed by atoms with van der Waals surface area (Å²) in [5, 5.41) is 3.71. The van der Waals surface area contributed by atoms with Crippen LogP contribution in [0.5, 0.6) is 0 Å². The second kappa shape index (κ2) is 5.64. The van der Waals surface area contributed by atoms with Gasteiger partial charge in [0.25, 0.3) is 0 Å². The number of piperidine rings is 1. The van der Waals surface area contributed by atoms with Crippen molar-refractivity contribution >= 4 is 0 Å². The van der Waals surface area contributed by atoms with Crippen LogP contribution in [0.3, 0.4) is 0 Å². The van der Waals surface area contributed by atoms with Crippen molar-refractivity contribution in [1.82, 2.24) is 10.2 Å². The second-order valence-electron chi connectivity index (χ2n) is 6.48. The van der Waals surface area contributed by atoms with Crippen LogP contribution in [0.25, 0.3) is 0 Å². The van der Waals surface area contributed by atoms with Crippen LogP contribution < -0.4 is 5.32 Å². The Bertz CT molecular complexity index is 401. The minimum Gasteiger partial charge on any atom is -0.311 e. The molecule has 3 rings (SSSR count). The first kappa shape index (κ1) is 13.1. The number of rotatable bonds is 4. The molecule has 1 aromatic carbocycles. The van der Waals surface area contributed by atoms with Gasteiger partial charge in [0.15, 0.2) is 0 Å². The van der Waals surface area contributed by atoms with E-state index in [-0.39, 0.29) is 0 Å². The van der Waals surface area contributed by atoms with Crippen molar-refractivity contribution in [1.29, 1.82) is 0 Å². The van der Waals surface area contributed by atoms with Crippen molar-refractivity contribution in [3.8, 4) is 0 Å². The third kappa shape index (κ3) is 3.18. The van der Waals surface area contributed by atoms with Crippen LogP contribution in [-0.4, -0.2) is 36.1 Å². The van der Waals surface area contributed by atoms with Crippen LogP contribution in [0, 0.1) is 0 Å². The summed E-state index contributed by atoms with van der Waals surface area (Å²) >= 11 is 0. The van der Waals surface area contributed by atoms with Crippen molar-refractivity contribution in [2.24, 2.45) is 0 Å². The van der Waals surface area contributed by atoms with Crippen LogP contribution >= 0.6 is 0 Å². The summed E-state index contributed by atoms with van der Waals surface area (Å²) in [6, 6.07) is 13.1. The molecule has 2 aliphatic rings. The first-order valence-corrected chi connectivity index (χ1v) is 7.79. The van der Waals surface area contributed by atoms with Crippen LogP contribution in [0.15, 0.2) is 30.3 Å². The summed E-state index contributed by atoms with van der Waals surface area (Å²) in [4.78, 5) is 2.72. The van der Waals surface area contributed by atoms with Gasteiger partial charge in [-0.05, 0) is 31.4 Å². The van der Waals surface area contributed by atoms with Gasteiger partial charge in [-0.1, -0.05) is 44.2 Å². The summed E-state index contributed by atoms with van der Waals surface area (Å²) in [6.07, 6.45) is 4.05. The molecular weight excluding hydrogens is 232 g/mol. The number of benzene rings is 1. The molecule has 0 amide bonds. The molecule has 2 heteroatoms. The van der Waals surface area contributed by atoms with Crippen LogP contribution in [0.1, 0.15) is 44.6 Å². The molecule has 2 fully saturated rings. The average molecular weight is 258 g/mol. The quantitative estimate of drug-likeness (QED) is 0.893. The summed E-state index contributed by atoms with van der Waals surface area (Å²) in [7, 11) is 0. The van der Waals surface area contributed by atoms with Crippen molar-refractivity contribution in [3.05, 3.63) is 35.9 Å². The van der Waals surface area contributed by atoms with E-state index >= 15 is 0 Å². The Hall–Kier alpha value is -0.860. The van der Waals surface area contributed by atoms with Gasteiger partial charge in [-0.2, -0.15) is 0 Å². The van der Waals surface area contributed by atoms with E-state index < -0.39 is 0 Å². The lowest BCUT2D eigenvalue weighted by Crippen LogP contribution is -2.48. The van der Waals surface area contributed by atoms with E-state index in [0.29, 0.717) is 12.1 Å². The number of likely N-dealkylation sites (tertiary alicyclic amines) is 1. The predicted octanol–water partition coefficient (Wildman–Crippen LogP) is 3.00. The second-order valence-corrected chi connectivity index (χ2v) is 6.48. The van der Waals surface area contributed by atoms with E-state index in [0.717, 1.165) is 12.0 Å². The zero-order valence-corrected chi connectivity index (χ0v) is 12.2. The lowest BCUT2D eigenvalue weighted by atomic mass is 10.0. The first-order valence-electron chi connectivity index (χ1n) is 7.79. The Morgan fingerprint density at radius 2 is 2.00 bits per heavy atom. The summed E-state index contributed by atoms with van der Waals surface area (Å²) in [6.45, 7) is 7.04. The highest BCUT2D eigenvalue weighted by Crippen LogP contribution is 2.45. The van der Waals surface area contributed by atoms with Gasteiger partial charge in [0.2, 0.25) is 0 Å². The van der Waals surface area contributed by atoms with E-state index in [9.17, 15) is 0 Å². The summed E-state index contributed by atoms with van der Waals surface area (Å²) < 4.78 is 0. The Labute approximate surface area is 117 Å². The van der Waals surface area contributed by atoms with Gasteiger partial charge in [-0.15, -0.1) is 0 Å². The maximum Gasteiger partial charge on any atom is 0.0197 e. The predicted molar refractivity (Wildman–Crippen MR) is 80.5 cm³/mol. The first-order chi connectivity index (χ1) is 9.24. The Balaban J connectivity index is 1.56. The van der Waals surface area contributed by atoms with Crippen LogP contribution in [0.2, 0.25) is 0 Å². The number of hydrogen-bond donors (Lipinski definition) is 1. The molecule has 3 unspecified atom stereocenters. The molecule has 0 spiro atoms. The zero-order chi connectivity index (χ0) is 13.2. The molecule has 104 valence electrons. The molecule has 0 radical (unpaired) electrons. The Kier molecular flexibility index (Phi) is 3.90. The smallest absolute Gasteiger partial charge is 0.0197 e. The van der Waals surface area contributed by atoms with Gasteiger partial charge in [-0.25, -0.2) is 0 Å². The summed E-state index contributed by atoms with van der Waals surface area (Å²) in [5.74, 6) is 0.791. The SMILES string of the molecule is CC(C)NC1CCCN(C2CC2c2ccccc2)C1. The topological polar surface area (TPSA) is 15.3 Å². The number of nitrogens with one attached hydrogen (secondary N) is 1. The van der Waals surface area contributed by atoms with Crippen molar-refractivity contribution in [2.75, 3.05) is 13.1 Å². The molecule has 19 heavy (non-hydrogen) atoms. The molecule has 1 aromatic rings. The van der Waals surface area contributed by atoms with Crippen LogP contribution in [0.4, 0.5) is 0 Å². The molecule has 3 atom stereocenters. The third-order valence-corrected chi connectivity index (χ3v) is 4.48. The fourth-order valence-electron chi connectivity index (χ4n) is 3.56. The normalized spacial score (nSPS) is 31.6. The fraction of sp³-hybridized carbons (Fsp3) is 0.647. The van der Waals surface area contributed by atoms with Gasteiger partial charge in [-0.3, -0.25) is 4.90 Å². The molecule has 1 saturated heterocycles. The molecule has 1 heterocycles. The highest BCUT2D eigenvalue weighted by atomic mass is 15.2. The maximum atomic E-state index is 3.71. The molecule has 0 aromatic heterocycles. The maximum absolute atomic E-state index is 3.71. The number of hydrogen-bond acceptors (Lipinski definition) is 2. The van der Waals surface area contributed by atoms with Crippen molar-refractivity contribution in [2.45, 2.75) is 57.2 Å². The Morgan fingerprint density at radius 3 is 2.74 bits per heavy atom. The zero-order valence-electron chi connectivity index (χ0n) is 12.2. The van der Waals surface area contributed by atoms with E-state index in [1.807, 2.05) is 0 Å².